The van der Waals surface area contributed by atoms with Gasteiger partial charge in [-0.25, -0.2) is 0 Å². The fourth-order valence-electron chi connectivity index (χ4n) is 6.24. The molecular formula is C38H57N9O6. The predicted octanol–water partition coefficient (Wildman–Crippen LogP) is 0.748. The van der Waals surface area contributed by atoms with Gasteiger partial charge in [0.15, 0.2) is 5.96 Å². The summed E-state index contributed by atoms with van der Waals surface area (Å²) >= 11 is 0. The highest BCUT2D eigenvalue weighted by molar-refractivity contribution is 5.95. The highest BCUT2D eigenvalue weighted by Crippen LogP contribution is 2.21. The number of nitrogens with one attached hydrogen (secondary N) is 5. The molecule has 290 valence electrons. The lowest BCUT2D eigenvalue weighted by molar-refractivity contribution is -0.148. The summed E-state index contributed by atoms with van der Waals surface area (Å²) in [7, 11) is 0. The normalized spacial score (nSPS) is 16.1. The first-order valence-electron chi connectivity index (χ1n) is 18.3. The van der Waals surface area contributed by atoms with Crippen LogP contribution in [0.1, 0.15) is 69.9 Å². The van der Waals surface area contributed by atoms with Crippen molar-refractivity contribution >= 4 is 35.6 Å². The summed E-state index contributed by atoms with van der Waals surface area (Å²) in [4.78, 5) is 68.3. The summed E-state index contributed by atoms with van der Waals surface area (Å²) in [5, 5.41) is 28.2. The molecule has 2 aromatic carbocycles. The number of unbranched alkanes of at least 4 members (excludes halogenated alkanes) is 2. The first kappa shape index (κ1) is 42.4. The molecule has 4 amide bonds. The molecule has 1 heterocycles. The van der Waals surface area contributed by atoms with Gasteiger partial charge in [-0.3, -0.25) is 29.4 Å². The smallest absolute Gasteiger partial charge is 0.323 e. The predicted molar refractivity (Wildman–Crippen MR) is 202 cm³/mol. The number of piperidine rings is 1. The minimum atomic E-state index is -1.43. The number of rotatable bonds is 20. The Morgan fingerprint density at radius 2 is 1.32 bits per heavy atom. The van der Waals surface area contributed by atoms with Gasteiger partial charge in [-0.2, -0.15) is 0 Å². The molecule has 2 aromatic rings. The fraction of sp³-hybridized carbons (Fsp3) is 0.526. The van der Waals surface area contributed by atoms with Crippen LogP contribution in [-0.4, -0.2) is 94.9 Å². The molecule has 0 spiro atoms. The molecule has 1 aliphatic rings. The second-order valence-corrected chi connectivity index (χ2v) is 14.3. The van der Waals surface area contributed by atoms with Gasteiger partial charge >= 0.3 is 5.97 Å². The van der Waals surface area contributed by atoms with Crippen molar-refractivity contribution in [3.05, 3.63) is 71.8 Å². The lowest BCUT2D eigenvalue weighted by Crippen LogP contribution is -2.60. The molecule has 1 fully saturated rings. The Labute approximate surface area is 311 Å². The van der Waals surface area contributed by atoms with Gasteiger partial charge in [0, 0.05) is 26.1 Å². The van der Waals surface area contributed by atoms with E-state index in [-0.39, 0.29) is 63.0 Å². The number of nitrogens with zero attached hydrogens (tertiary/aromatic N) is 1. The number of hydrogen-bond acceptors (Lipinski definition) is 8. The van der Waals surface area contributed by atoms with Gasteiger partial charge < -0.3 is 48.5 Å². The van der Waals surface area contributed by atoms with Crippen LogP contribution in [0.15, 0.2) is 60.7 Å². The zero-order chi connectivity index (χ0) is 39.0. The van der Waals surface area contributed by atoms with E-state index >= 15 is 0 Å². The molecule has 15 nitrogen and oxygen atoms in total. The molecular weight excluding hydrogens is 678 g/mol. The van der Waals surface area contributed by atoms with Crippen LogP contribution in [0, 0.1) is 11.3 Å². The molecule has 12 N–H and O–H groups in total. The Hall–Kier alpha value is -5.02. The van der Waals surface area contributed by atoms with Crippen LogP contribution >= 0.6 is 0 Å². The van der Waals surface area contributed by atoms with E-state index in [1.54, 1.807) is 0 Å². The van der Waals surface area contributed by atoms with Gasteiger partial charge in [-0.1, -0.05) is 87.4 Å². The second kappa shape index (κ2) is 20.9. The number of carboxylic acid groups (broad SMARTS) is 1. The molecule has 3 rings (SSSR count). The van der Waals surface area contributed by atoms with Crippen LogP contribution in [0.4, 0.5) is 0 Å². The van der Waals surface area contributed by atoms with Gasteiger partial charge in [0.2, 0.25) is 23.6 Å². The van der Waals surface area contributed by atoms with Crippen molar-refractivity contribution in [1.29, 1.82) is 5.41 Å². The Morgan fingerprint density at radius 1 is 0.792 bits per heavy atom. The van der Waals surface area contributed by atoms with Crippen molar-refractivity contribution in [2.24, 2.45) is 23.1 Å². The lowest BCUT2D eigenvalue weighted by atomic mass is 9.88. The number of carboxylic acids is 1. The summed E-state index contributed by atoms with van der Waals surface area (Å²) in [6.45, 7) is 4.54. The van der Waals surface area contributed by atoms with E-state index in [0.29, 0.717) is 32.2 Å². The number of carbonyl (C=O) groups excluding carboxylic acids is 4. The first-order chi connectivity index (χ1) is 25.2. The van der Waals surface area contributed by atoms with Crippen LogP contribution < -0.4 is 38.5 Å². The summed E-state index contributed by atoms with van der Waals surface area (Å²) in [6.07, 6.45) is 3.05. The van der Waals surface area contributed by atoms with Crippen molar-refractivity contribution < 1.29 is 29.1 Å². The van der Waals surface area contributed by atoms with E-state index in [1.807, 2.05) is 74.5 Å². The average molecular weight is 736 g/mol. The van der Waals surface area contributed by atoms with Gasteiger partial charge in [0.1, 0.15) is 23.7 Å². The number of carbonyl (C=O) groups is 5. The Bertz CT molecular complexity index is 1520. The fourth-order valence-corrected chi connectivity index (χ4v) is 6.24. The lowest BCUT2D eigenvalue weighted by Gasteiger charge is -2.38. The van der Waals surface area contributed by atoms with E-state index in [2.05, 4.69) is 21.3 Å². The van der Waals surface area contributed by atoms with Crippen molar-refractivity contribution in [2.45, 2.75) is 101 Å². The van der Waals surface area contributed by atoms with E-state index in [0.717, 1.165) is 11.1 Å². The first-order valence-corrected chi connectivity index (χ1v) is 18.3. The number of nitrogens with two attached hydrogens (primary N) is 3. The molecule has 0 saturated carbocycles. The largest absolute Gasteiger partial charge is 0.480 e. The third-order valence-electron chi connectivity index (χ3n) is 9.38. The highest BCUT2D eigenvalue weighted by atomic mass is 16.4. The number of amides is 4. The van der Waals surface area contributed by atoms with Crippen molar-refractivity contribution in [1.82, 2.24) is 26.2 Å². The SMILES string of the molecule is CC(C)C[C@@H](NC(=O)[C@@H](Cc1ccccc1)NC(=O)[C@H](N)Cc1ccccc1)C(=O)N[C@H](CCCCCNC(=N)N)C(=O)N1CCC(N)(C(=O)O)CC1. The van der Waals surface area contributed by atoms with E-state index in [1.165, 1.54) is 4.90 Å². The number of benzene rings is 2. The standard InChI is InChI=1S/C38H57N9O6/c1-25(2)22-30(46-34(50)31(24-27-14-8-4-9-15-27)45-32(48)28(39)23-26-12-6-3-7-13-26)33(49)44-29(16-10-5-11-19-43-37(40)41)35(51)47-20-17-38(42,18-21-47)36(52)53/h3-4,6-9,12-15,25,28-31H,5,10-11,16-24,39,42H2,1-2H3,(H,44,49)(H,45,48)(H,46,50)(H,52,53)(H4,40,41,43)/t28-,29-,30-,31-/m1/s1. The van der Waals surface area contributed by atoms with Crippen LogP contribution in [0.25, 0.3) is 0 Å². The average Bonchev–Trinajstić information content (AvgIpc) is 3.12. The van der Waals surface area contributed by atoms with E-state index in [4.69, 9.17) is 22.6 Å². The zero-order valence-electron chi connectivity index (χ0n) is 30.8. The molecule has 0 bridgehead atoms. The van der Waals surface area contributed by atoms with Crippen molar-refractivity contribution in [3.63, 3.8) is 0 Å². The van der Waals surface area contributed by atoms with Crippen LogP contribution in [0.3, 0.4) is 0 Å². The maximum absolute atomic E-state index is 14.0. The Balaban J connectivity index is 1.77. The van der Waals surface area contributed by atoms with Gasteiger partial charge in [0.05, 0.1) is 6.04 Å². The topological polar surface area (TPSA) is 259 Å². The Morgan fingerprint density at radius 3 is 1.87 bits per heavy atom. The van der Waals surface area contributed by atoms with Crippen LogP contribution in [0.5, 0.6) is 0 Å². The van der Waals surface area contributed by atoms with Gasteiger partial charge in [0.25, 0.3) is 0 Å². The molecule has 0 aliphatic carbocycles. The van der Waals surface area contributed by atoms with E-state index < -0.39 is 53.4 Å². The molecule has 15 heteroatoms. The molecule has 0 aromatic heterocycles. The molecule has 53 heavy (non-hydrogen) atoms. The third kappa shape index (κ3) is 14.1. The number of aliphatic carboxylic acids is 1. The monoisotopic (exact) mass is 735 g/mol. The summed E-state index contributed by atoms with van der Waals surface area (Å²) in [6, 6.07) is 14.6. The third-order valence-corrected chi connectivity index (χ3v) is 9.38. The maximum Gasteiger partial charge on any atom is 0.323 e. The minimum absolute atomic E-state index is 0.0220. The minimum Gasteiger partial charge on any atom is -0.480 e. The highest BCUT2D eigenvalue weighted by Gasteiger charge is 2.40. The Kier molecular flexibility index (Phi) is 16.7. The number of likely N-dealkylation sites (tertiary alicyclic amines) is 1. The van der Waals surface area contributed by atoms with Crippen LogP contribution in [-0.2, 0) is 36.8 Å². The van der Waals surface area contributed by atoms with Crippen molar-refractivity contribution in [2.75, 3.05) is 19.6 Å². The number of guanidine groups is 1. The quantitative estimate of drug-likeness (QED) is 0.0524. The van der Waals surface area contributed by atoms with Crippen molar-refractivity contribution in [3.8, 4) is 0 Å². The molecule has 1 aliphatic heterocycles. The summed E-state index contributed by atoms with van der Waals surface area (Å²) in [5.74, 6) is -3.27. The van der Waals surface area contributed by atoms with Gasteiger partial charge in [-0.15, -0.1) is 0 Å². The maximum atomic E-state index is 14.0. The molecule has 0 unspecified atom stereocenters. The molecule has 4 atom stereocenters. The zero-order valence-corrected chi connectivity index (χ0v) is 30.8. The second-order valence-electron chi connectivity index (χ2n) is 14.3. The summed E-state index contributed by atoms with van der Waals surface area (Å²) < 4.78 is 0. The number of hydrogen-bond donors (Lipinski definition) is 9. The molecule has 0 radical (unpaired) electrons. The van der Waals surface area contributed by atoms with Gasteiger partial charge in [-0.05, 0) is 55.6 Å². The van der Waals surface area contributed by atoms with Crippen LogP contribution in [0.2, 0.25) is 0 Å². The molecule has 1 saturated heterocycles. The summed E-state index contributed by atoms with van der Waals surface area (Å²) in [5.41, 5.74) is 17.9. The van der Waals surface area contributed by atoms with E-state index in [9.17, 15) is 29.1 Å².